The fourth-order valence-corrected chi connectivity index (χ4v) is 1.44. The Balaban J connectivity index is 2.36. The number of rotatable bonds is 2. The molecule has 0 fully saturated rings. The van der Waals surface area contributed by atoms with Crippen LogP contribution in [-0.4, -0.2) is 14.5 Å². The zero-order valence-corrected chi connectivity index (χ0v) is 8.26. The molecule has 0 aromatic carbocycles. The Morgan fingerprint density at radius 1 is 1.33 bits per heavy atom. The molecule has 2 aromatic heterocycles. The van der Waals surface area contributed by atoms with Crippen molar-refractivity contribution in [2.45, 2.75) is 6.04 Å². The van der Waals surface area contributed by atoms with Gasteiger partial charge in [-0.05, 0) is 11.6 Å². The minimum atomic E-state index is -0.402. The molecule has 2 heterocycles. The molecule has 4 nitrogen and oxygen atoms in total. The largest absolute Gasteiger partial charge is 0.336 e. The molecule has 2 rings (SSSR count). The number of aryl methyl sites for hydroxylation is 1. The lowest BCUT2D eigenvalue weighted by molar-refractivity contribution is 0.614. The van der Waals surface area contributed by atoms with Crippen LogP contribution in [-0.2, 0) is 7.05 Å². The van der Waals surface area contributed by atoms with E-state index in [9.17, 15) is 4.39 Å². The van der Waals surface area contributed by atoms with Crippen LogP contribution in [0.2, 0.25) is 0 Å². The third-order valence-electron chi connectivity index (χ3n) is 2.26. The second-order valence-electron chi connectivity index (χ2n) is 3.34. The molecule has 1 unspecified atom stereocenters. The molecule has 0 aliphatic heterocycles. The van der Waals surface area contributed by atoms with E-state index in [0.717, 1.165) is 11.9 Å². The average Bonchev–Trinajstić information content (AvgIpc) is 2.63. The second-order valence-corrected chi connectivity index (χ2v) is 3.34. The smallest absolute Gasteiger partial charge is 0.141 e. The van der Waals surface area contributed by atoms with Crippen LogP contribution >= 0.6 is 0 Å². The van der Waals surface area contributed by atoms with E-state index in [1.54, 1.807) is 23.3 Å². The number of nitrogens with zero attached hydrogens (tertiary/aromatic N) is 3. The van der Waals surface area contributed by atoms with Crippen LogP contribution in [0, 0.1) is 5.82 Å². The third-order valence-corrected chi connectivity index (χ3v) is 2.26. The molecule has 0 spiro atoms. The minimum absolute atomic E-state index is 0.384. The molecule has 0 aliphatic rings. The van der Waals surface area contributed by atoms with Crippen molar-refractivity contribution in [2.75, 3.05) is 0 Å². The molecule has 0 saturated carbocycles. The predicted molar refractivity (Wildman–Crippen MR) is 53.4 cm³/mol. The Morgan fingerprint density at radius 3 is 2.73 bits per heavy atom. The van der Waals surface area contributed by atoms with Gasteiger partial charge >= 0.3 is 0 Å². The molecular formula is C10H11FN4. The maximum atomic E-state index is 12.9. The van der Waals surface area contributed by atoms with Crippen molar-refractivity contribution >= 4 is 0 Å². The number of aromatic nitrogens is 3. The third kappa shape index (κ3) is 1.87. The van der Waals surface area contributed by atoms with Gasteiger partial charge in [-0.3, -0.25) is 4.98 Å². The van der Waals surface area contributed by atoms with Crippen LogP contribution in [0.25, 0.3) is 0 Å². The first-order chi connectivity index (χ1) is 7.18. The Morgan fingerprint density at radius 2 is 2.13 bits per heavy atom. The van der Waals surface area contributed by atoms with Gasteiger partial charge in [0, 0.05) is 13.2 Å². The van der Waals surface area contributed by atoms with E-state index in [4.69, 9.17) is 5.73 Å². The standard InChI is InChI=1S/C10H11FN4/c1-15-6-14-5-9(15)10(12)7-2-8(11)4-13-3-7/h2-6,10H,12H2,1H3. The molecule has 1 atom stereocenters. The van der Waals surface area contributed by atoms with Crippen molar-refractivity contribution in [3.05, 3.63) is 48.1 Å². The highest BCUT2D eigenvalue weighted by molar-refractivity contribution is 5.24. The quantitative estimate of drug-likeness (QED) is 0.797. The Labute approximate surface area is 86.6 Å². The van der Waals surface area contributed by atoms with Gasteiger partial charge in [-0.1, -0.05) is 0 Å². The number of nitrogens with two attached hydrogens (primary N) is 1. The van der Waals surface area contributed by atoms with Gasteiger partial charge in [0.15, 0.2) is 0 Å². The van der Waals surface area contributed by atoms with Crippen molar-refractivity contribution in [3.63, 3.8) is 0 Å². The summed E-state index contributed by atoms with van der Waals surface area (Å²) < 4.78 is 14.7. The van der Waals surface area contributed by atoms with E-state index >= 15 is 0 Å². The van der Waals surface area contributed by atoms with Gasteiger partial charge in [0.05, 0.1) is 30.5 Å². The molecule has 78 valence electrons. The number of halogens is 1. The summed E-state index contributed by atoms with van der Waals surface area (Å²) in [5, 5.41) is 0. The fraction of sp³-hybridized carbons (Fsp3) is 0.200. The number of pyridine rings is 1. The molecule has 0 radical (unpaired) electrons. The van der Waals surface area contributed by atoms with Crippen LogP contribution in [0.3, 0.4) is 0 Å². The first kappa shape index (κ1) is 9.79. The van der Waals surface area contributed by atoms with Crippen molar-refractivity contribution in [2.24, 2.45) is 12.8 Å². The molecule has 5 heteroatoms. The highest BCUT2D eigenvalue weighted by Gasteiger charge is 2.12. The molecule has 0 saturated heterocycles. The molecule has 0 amide bonds. The van der Waals surface area contributed by atoms with E-state index in [1.807, 2.05) is 7.05 Å². The summed E-state index contributed by atoms with van der Waals surface area (Å²) in [6.45, 7) is 0. The van der Waals surface area contributed by atoms with Gasteiger partial charge in [-0.15, -0.1) is 0 Å². The van der Waals surface area contributed by atoms with Gasteiger partial charge in [-0.2, -0.15) is 0 Å². The molecule has 2 N–H and O–H groups in total. The normalized spacial score (nSPS) is 12.7. The van der Waals surface area contributed by atoms with Crippen molar-refractivity contribution in [3.8, 4) is 0 Å². The average molecular weight is 206 g/mol. The summed E-state index contributed by atoms with van der Waals surface area (Å²) in [6, 6.07) is 0.977. The van der Waals surface area contributed by atoms with Crippen LogP contribution in [0.5, 0.6) is 0 Å². The van der Waals surface area contributed by atoms with Crippen LogP contribution in [0.4, 0.5) is 4.39 Å². The first-order valence-corrected chi connectivity index (χ1v) is 4.50. The SMILES string of the molecule is Cn1cncc1C(N)c1cncc(F)c1. The molecule has 0 bridgehead atoms. The van der Waals surface area contributed by atoms with Crippen molar-refractivity contribution < 1.29 is 4.39 Å². The highest BCUT2D eigenvalue weighted by Crippen LogP contribution is 2.18. The first-order valence-electron chi connectivity index (χ1n) is 4.50. The fourth-order valence-electron chi connectivity index (χ4n) is 1.44. The molecular weight excluding hydrogens is 195 g/mol. The van der Waals surface area contributed by atoms with E-state index in [1.165, 1.54) is 6.07 Å². The van der Waals surface area contributed by atoms with Gasteiger partial charge in [-0.25, -0.2) is 9.37 Å². The Kier molecular flexibility index (Phi) is 2.47. The van der Waals surface area contributed by atoms with Gasteiger partial charge in [0.2, 0.25) is 0 Å². The molecule has 2 aromatic rings. The maximum absolute atomic E-state index is 12.9. The van der Waals surface area contributed by atoms with Gasteiger partial charge in [0.1, 0.15) is 5.82 Å². The Bertz CT molecular complexity index is 466. The zero-order valence-electron chi connectivity index (χ0n) is 8.26. The summed E-state index contributed by atoms with van der Waals surface area (Å²) in [5.74, 6) is -0.384. The van der Waals surface area contributed by atoms with Crippen molar-refractivity contribution in [1.29, 1.82) is 0 Å². The van der Waals surface area contributed by atoms with E-state index in [-0.39, 0.29) is 5.82 Å². The second kappa shape index (κ2) is 3.78. The zero-order chi connectivity index (χ0) is 10.8. The monoisotopic (exact) mass is 206 g/mol. The van der Waals surface area contributed by atoms with Crippen LogP contribution in [0.1, 0.15) is 17.3 Å². The summed E-state index contributed by atoms with van der Waals surface area (Å²) in [7, 11) is 1.84. The topological polar surface area (TPSA) is 56.7 Å². The highest BCUT2D eigenvalue weighted by atomic mass is 19.1. The van der Waals surface area contributed by atoms with E-state index in [2.05, 4.69) is 9.97 Å². The number of hydrogen-bond donors (Lipinski definition) is 1. The summed E-state index contributed by atoms with van der Waals surface area (Å²) in [4.78, 5) is 7.72. The van der Waals surface area contributed by atoms with Crippen LogP contribution < -0.4 is 5.73 Å². The van der Waals surface area contributed by atoms with Gasteiger partial charge < -0.3 is 10.3 Å². The number of imidazole rings is 1. The summed E-state index contributed by atoms with van der Waals surface area (Å²) >= 11 is 0. The lowest BCUT2D eigenvalue weighted by Gasteiger charge is -2.11. The summed E-state index contributed by atoms with van der Waals surface area (Å²) in [5.41, 5.74) is 7.42. The summed E-state index contributed by atoms with van der Waals surface area (Å²) in [6.07, 6.45) is 6.03. The van der Waals surface area contributed by atoms with Crippen LogP contribution in [0.15, 0.2) is 31.0 Å². The molecule has 15 heavy (non-hydrogen) atoms. The van der Waals surface area contributed by atoms with Gasteiger partial charge in [0.25, 0.3) is 0 Å². The molecule has 0 aliphatic carbocycles. The van der Waals surface area contributed by atoms with E-state index in [0.29, 0.717) is 5.56 Å². The number of hydrogen-bond acceptors (Lipinski definition) is 3. The lowest BCUT2D eigenvalue weighted by Crippen LogP contribution is -2.15. The lowest BCUT2D eigenvalue weighted by atomic mass is 10.1. The van der Waals surface area contributed by atoms with E-state index < -0.39 is 6.04 Å². The van der Waals surface area contributed by atoms with Crippen molar-refractivity contribution in [1.82, 2.24) is 14.5 Å². The minimum Gasteiger partial charge on any atom is -0.336 e. The Hall–Kier alpha value is -1.75. The maximum Gasteiger partial charge on any atom is 0.141 e. The predicted octanol–water partition coefficient (Wildman–Crippen LogP) is 1.00.